The molecular formula is C18H19N3O2. The molecule has 4 rings (SSSR count). The third kappa shape index (κ3) is 2.86. The molecule has 0 bridgehead atoms. The van der Waals surface area contributed by atoms with E-state index in [1.807, 2.05) is 47.4 Å². The topological polar surface area (TPSA) is 60.1 Å². The summed E-state index contributed by atoms with van der Waals surface area (Å²) >= 11 is 0. The monoisotopic (exact) mass is 309 g/mol. The molecule has 5 heteroatoms. The maximum absolute atomic E-state index is 12.4. The first-order valence-electron chi connectivity index (χ1n) is 8.08. The van der Waals surface area contributed by atoms with Gasteiger partial charge >= 0.3 is 0 Å². The van der Waals surface area contributed by atoms with Crippen LogP contribution in [-0.4, -0.2) is 21.7 Å². The number of carbonyl (C=O) groups excluding carboxylic acids is 1. The molecule has 1 aliphatic carbocycles. The highest BCUT2D eigenvalue weighted by molar-refractivity contribution is 5.96. The number of hydrogen-bond acceptors (Lipinski definition) is 3. The van der Waals surface area contributed by atoms with Crippen LogP contribution in [0.2, 0.25) is 0 Å². The number of furan rings is 1. The van der Waals surface area contributed by atoms with Crippen molar-refractivity contribution in [3.05, 3.63) is 54.6 Å². The Balaban J connectivity index is 1.38. The Morgan fingerprint density at radius 2 is 2.00 bits per heavy atom. The summed E-state index contributed by atoms with van der Waals surface area (Å²) in [7, 11) is 0. The summed E-state index contributed by atoms with van der Waals surface area (Å²) in [6.45, 7) is 0. The molecule has 1 N–H and O–H groups in total. The summed E-state index contributed by atoms with van der Waals surface area (Å²) in [5.74, 6) is 0.268. The molecule has 5 nitrogen and oxygen atoms in total. The summed E-state index contributed by atoms with van der Waals surface area (Å²) in [5, 5.41) is 8.37. The molecule has 23 heavy (non-hydrogen) atoms. The van der Waals surface area contributed by atoms with E-state index >= 15 is 0 Å². The van der Waals surface area contributed by atoms with E-state index in [0.29, 0.717) is 11.8 Å². The number of nitrogens with one attached hydrogen (secondary N) is 1. The molecule has 118 valence electrons. The van der Waals surface area contributed by atoms with Crippen molar-refractivity contribution in [2.24, 2.45) is 0 Å². The molecule has 0 aliphatic heterocycles. The lowest BCUT2D eigenvalue weighted by molar-refractivity contribution is 0.0896. The van der Waals surface area contributed by atoms with Crippen LogP contribution < -0.4 is 5.32 Å². The molecule has 2 aromatic heterocycles. The number of para-hydroxylation sites is 1. The van der Waals surface area contributed by atoms with Gasteiger partial charge in [0.25, 0.3) is 5.91 Å². The lowest BCUT2D eigenvalue weighted by Gasteiger charge is -2.29. The minimum atomic E-state index is -0.122. The number of benzene rings is 1. The smallest absolute Gasteiger partial charge is 0.287 e. The van der Waals surface area contributed by atoms with Crippen LogP contribution >= 0.6 is 0 Å². The molecular weight excluding hydrogens is 290 g/mol. The standard InChI is InChI=1S/C18H19N3O2/c22-18(17-12-13-4-1-2-5-16(13)23-17)20-14-6-8-15(9-7-14)21-11-3-10-19-21/h1-5,10-12,14-15H,6-9H2,(H,20,22). The number of hydrogen-bond donors (Lipinski definition) is 1. The van der Waals surface area contributed by atoms with E-state index in [1.165, 1.54) is 0 Å². The fraction of sp³-hybridized carbons (Fsp3) is 0.333. The third-order valence-electron chi connectivity index (χ3n) is 4.58. The number of rotatable bonds is 3. The molecule has 1 saturated carbocycles. The largest absolute Gasteiger partial charge is 0.451 e. The summed E-state index contributed by atoms with van der Waals surface area (Å²) < 4.78 is 7.65. The lowest BCUT2D eigenvalue weighted by atomic mass is 9.91. The van der Waals surface area contributed by atoms with E-state index in [4.69, 9.17) is 4.42 Å². The normalized spacial score (nSPS) is 21.4. The SMILES string of the molecule is O=C(NC1CCC(n2cccn2)CC1)c1cc2ccccc2o1. The maximum atomic E-state index is 12.4. The Labute approximate surface area is 134 Å². The molecule has 0 radical (unpaired) electrons. The molecule has 1 aromatic carbocycles. The minimum Gasteiger partial charge on any atom is -0.451 e. The van der Waals surface area contributed by atoms with Crippen molar-refractivity contribution in [1.82, 2.24) is 15.1 Å². The van der Waals surface area contributed by atoms with E-state index in [0.717, 1.165) is 36.7 Å². The van der Waals surface area contributed by atoms with Crippen LogP contribution in [-0.2, 0) is 0 Å². The first kappa shape index (κ1) is 14.1. The van der Waals surface area contributed by atoms with E-state index in [-0.39, 0.29) is 11.9 Å². The second-order valence-corrected chi connectivity index (χ2v) is 6.11. The Morgan fingerprint density at radius 3 is 2.74 bits per heavy atom. The van der Waals surface area contributed by atoms with Gasteiger partial charge < -0.3 is 9.73 Å². The van der Waals surface area contributed by atoms with Gasteiger partial charge in [-0.15, -0.1) is 0 Å². The molecule has 0 unspecified atom stereocenters. The van der Waals surface area contributed by atoms with Crippen LogP contribution in [0.5, 0.6) is 0 Å². The highest BCUT2D eigenvalue weighted by atomic mass is 16.3. The van der Waals surface area contributed by atoms with Crippen LogP contribution in [0.4, 0.5) is 0 Å². The van der Waals surface area contributed by atoms with E-state index < -0.39 is 0 Å². The van der Waals surface area contributed by atoms with Gasteiger partial charge in [0, 0.05) is 23.8 Å². The van der Waals surface area contributed by atoms with Crippen molar-refractivity contribution in [1.29, 1.82) is 0 Å². The summed E-state index contributed by atoms with van der Waals surface area (Å²) in [4.78, 5) is 12.4. The summed E-state index contributed by atoms with van der Waals surface area (Å²) in [5.41, 5.74) is 0.750. The quantitative estimate of drug-likeness (QED) is 0.805. The maximum Gasteiger partial charge on any atom is 0.287 e. The van der Waals surface area contributed by atoms with E-state index in [1.54, 1.807) is 6.07 Å². The van der Waals surface area contributed by atoms with Crippen molar-refractivity contribution in [2.45, 2.75) is 37.8 Å². The van der Waals surface area contributed by atoms with Gasteiger partial charge in [0.15, 0.2) is 5.76 Å². The molecule has 1 aliphatic rings. The van der Waals surface area contributed by atoms with Crippen molar-refractivity contribution >= 4 is 16.9 Å². The average Bonchev–Trinajstić information content (AvgIpc) is 3.25. The highest BCUT2D eigenvalue weighted by Crippen LogP contribution is 2.28. The van der Waals surface area contributed by atoms with E-state index in [2.05, 4.69) is 10.4 Å². The van der Waals surface area contributed by atoms with Gasteiger partial charge in [0.05, 0.1) is 6.04 Å². The van der Waals surface area contributed by atoms with Gasteiger partial charge in [-0.25, -0.2) is 0 Å². The second kappa shape index (κ2) is 5.91. The van der Waals surface area contributed by atoms with Gasteiger partial charge in [-0.2, -0.15) is 5.10 Å². The molecule has 1 amide bonds. The van der Waals surface area contributed by atoms with Gasteiger partial charge in [-0.1, -0.05) is 18.2 Å². The van der Waals surface area contributed by atoms with Crippen molar-refractivity contribution in [3.8, 4) is 0 Å². The minimum absolute atomic E-state index is 0.122. The third-order valence-corrected chi connectivity index (χ3v) is 4.58. The van der Waals surface area contributed by atoms with Crippen molar-refractivity contribution in [2.75, 3.05) is 0 Å². The Hall–Kier alpha value is -2.56. The predicted molar refractivity (Wildman–Crippen MR) is 87.2 cm³/mol. The molecule has 3 aromatic rings. The van der Waals surface area contributed by atoms with Crippen LogP contribution in [0.15, 0.2) is 53.2 Å². The molecule has 0 saturated heterocycles. The van der Waals surface area contributed by atoms with Gasteiger partial charge in [-0.3, -0.25) is 9.48 Å². The first-order valence-corrected chi connectivity index (χ1v) is 8.08. The van der Waals surface area contributed by atoms with Gasteiger partial charge in [0.1, 0.15) is 5.58 Å². The Bertz CT molecular complexity index is 766. The molecule has 0 spiro atoms. The Morgan fingerprint density at radius 1 is 1.17 bits per heavy atom. The highest BCUT2D eigenvalue weighted by Gasteiger charge is 2.24. The number of aromatic nitrogens is 2. The van der Waals surface area contributed by atoms with Gasteiger partial charge in [0.2, 0.25) is 0 Å². The number of amides is 1. The molecule has 0 atom stereocenters. The van der Waals surface area contributed by atoms with Crippen LogP contribution in [0.1, 0.15) is 42.3 Å². The molecule has 1 fully saturated rings. The second-order valence-electron chi connectivity index (χ2n) is 6.11. The van der Waals surface area contributed by atoms with Crippen LogP contribution in [0, 0.1) is 0 Å². The number of nitrogens with zero attached hydrogens (tertiary/aromatic N) is 2. The van der Waals surface area contributed by atoms with Crippen molar-refractivity contribution < 1.29 is 9.21 Å². The zero-order valence-electron chi connectivity index (χ0n) is 12.8. The zero-order valence-corrected chi connectivity index (χ0v) is 12.8. The summed E-state index contributed by atoms with van der Waals surface area (Å²) in [6.07, 6.45) is 7.83. The number of fused-ring (bicyclic) bond motifs is 1. The first-order chi connectivity index (χ1) is 11.3. The van der Waals surface area contributed by atoms with E-state index in [9.17, 15) is 4.79 Å². The van der Waals surface area contributed by atoms with Crippen LogP contribution in [0.25, 0.3) is 11.0 Å². The lowest BCUT2D eigenvalue weighted by Crippen LogP contribution is -2.37. The van der Waals surface area contributed by atoms with Gasteiger partial charge in [-0.05, 0) is 43.9 Å². The number of carbonyl (C=O) groups is 1. The van der Waals surface area contributed by atoms with Crippen LogP contribution in [0.3, 0.4) is 0 Å². The molecule has 2 heterocycles. The Kier molecular flexibility index (Phi) is 3.61. The zero-order chi connectivity index (χ0) is 15.6. The fourth-order valence-corrected chi connectivity index (χ4v) is 3.33. The van der Waals surface area contributed by atoms with Crippen molar-refractivity contribution in [3.63, 3.8) is 0 Å². The predicted octanol–water partition coefficient (Wildman–Crippen LogP) is 3.54. The summed E-state index contributed by atoms with van der Waals surface area (Å²) in [6, 6.07) is 12.1. The average molecular weight is 309 g/mol. The fourth-order valence-electron chi connectivity index (χ4n) is 3.33.